The summed E-state index contributed by atoms with van der Waals surface area (Å²) in [5, 5.41) is 0. The van der Waals surface area contributed by atoms with Gasteiger partial charge >= 0.3 is 0 Å². The monoisotopic (exact) mass is 330 g/mol. The van der Waals surface area contributed by atoms with Gasteiger partial charge in [0, 0.05) is 24.8 Å². The van der Waals surface area contributed by atoms with Gasteiger partial charge in [-0.15, -0.1) is 0 Å². The molecule has 1 heterocycles. The van der Waals surface area contributed by atoms with Crippen LogP contribution >= 0.6 is 0 Å². The zero-order valence-electron chi connectivity index (χ0n) is 13.0. The lowest BCUT2D eigenvalue weighted by molar-refractivity contribution is -0.119. The second kappa shape index (κ2) is 5.70. The number of carbonyl (C=O) groups is 1. The highest BCUT2D eigenvalue weighted by molar-refractivity contribution is 7.92. The molecule has 1 N–H and O–H groups in total. The van der Waals surface area contributed by atoms with E-state index in [2.05, 4.69) is 4.72 Å². The third-order valence-corrected chi connectivity index (χ3v) is 5.48. The third-order valence-electron chi connectivity index (χ3n) is 4.08. The number of nitrogens with one attached hydrogen (secondary N) is 1. The van der Waals surface area contributed by atoms with Crippen molar-refractivity contribution in [1.82, 2.24) is 0 Å². The van der Waals surface area contributed by atoms with Gasteiger partial charge in [-0.2, -0.15) is 0 Å². The van der Waals surface area contributed by atoms with Crippen LogP contribution in [0.1, 0.15) is 24.8 Å². The SMILES string of the molecule is CC1CC(=O)N(C)c2ccc(NS(=O)(=O)c3ccccc3)cc21. The predicted octanol–water partition coefficient (Wildman–Crippen LogP) is 2.96. The van der Waals surface area contributed by atoms with Crippen LogP contribution in [0.4, 0.5) is 11.4 Å². The topological polar surface area (TPSA) is 66.5 Å². The molecule has 0 radical (unpaired) electrons. The average Bonchev–Trinajstić information content (AvgIpc) is 2.53. The summed E-state index contributed by atoms with van der Waals surface area (Å²) in [4.78, 5) is 13.7. The van der Waals surface area contributed by atoms with Gasteiger partial charge < -0.3 is 4.90 Å². The van der Waals surface area contributed by atoms with Crippen molar-refractivity contribution in [2.45, 2.75) is 24.2 Å². The lowest BCUT2D eigenvalue weighted by Gasteiger charge is -2.30. The van der Waals surface area contributed by atoms with Crippen LogP contribution in [0.15, 0.2) is 53.4 Å². The van der Waals surface area contributed by atoms with Crippen molar-refractivity contribution < 1.29 is 13.2 Å². The molecule has 1 aliphatic heterocycles. The second-order valence-electron chi connectivity index (χ2n) is 5.75. The van der Waals surface area contributed by atoms with Crippen LogP contribution in [0.5, 0.6) is 0 Å². The van der Waals surface area contributed by atoms with Crippen molar-refractivity contribution in [2.24, 2.45) is 0 Å². The van der Waals surface area contributed by atoms with Gasteiger partial charge in [0.05, 0.1) is 4.90 Å². The van der Waals surface area contributed by atoms with Gasteiger partial charge in [0.15, 0.2) is 0 Å². The Hall–Kier alpha value is -2.34. The number of sulfonamides is 1. The van der Waals surface area contributed by atoms with E-state index in [1.807, 2.05) is 13.0 Å². The number of hydrogen-bond acceptors (Lipinski definition) is 3. The molecule has 0 saturated heterocycles. The molecule has 2 aromatic carbocycles. The molecule has 0 bridgehead atoms. The van der Waals surface area contributed by atoms with Crippen molar-refractivity contribution in [2.75, 3.05) is 16.7 Å². The Morgan fingerprint density at radius 3 is 2.52 bits per heavy atom. The Morgan fingerprint density at radius 1 is 1.13 bits per heavy atom. The smallest absolute Gasteiger partial charge is 0.261 e. The number of hydrogen-bond donors (Lipinski definition) is 1. The molecule has 0 saturated carbocycles. The van der Waals surface area contributed by atoms with Crippen molar-refractivity contribution in [3.05, 3.63) is 54.1 Å². The van der Waals surface area contributed by atoms with Crippen LogP contribution in [0, 0.1) is 0 Å². The standard InChI is InChI=1S/C17H18N2O3S/c1-12-10-17(20)19(2)16-9-8-13(11-15(12)16)18-23(21,22)14-6-4-3-5-7-14/h3-9,11-12,18H,10H2,1-2H3. The van der Waals surface area contributed by atoms with Crippen molar-refractivity contribution in [1.29, 1.82) is 0 Å². The molecule has 1 atom stereocenters. The quantitative estimate of drug-likeness (QED) is 0.941. The number of benzene rings is 2. The van der Waals surface area contributed by atoms with Gasteiger partial charge in [-0.25, -0.2) is 8.42 Å². The van der Waals surface area contributed by atoms with Crippen molar-refractivity contribution in [3.63, 3.8) is 0 Å². The molecule has 5 nitrogen and oxygen atoms in total. The molecule has 0 fully saturated rings. The number of anilines is 2. The molecule has 120 valence electrons. The molecule has 0 aliphatic carbocycles. The Bertz CT molecular complexity index is 847. The Labute approximate surface area is 136 Å². The zero-order valence-corrected chi connectivity index (χ0v) is 13.8. The minimum absolute atomic E-state index is 0.0647. The van der Waals surface area contributed by atoms with E-state index < -0.39 is 10.0 Å². The first kappa shape index (κ1) is 15.6. The van der Waals surface area contributed by atoms with Crippen LogP contribution in [0.25, 0.3) is 0 Å². The summed E-state index contributed by atoms with van der Waals surface area (Å²) in [6.07, 6.45) is 0.429. The van der Waals surface area contributed by atoms with Gasteiger partial charge in [-0.05, 0) is 41.8 Å². The molecule has 23 heavy (non-hydrogen) atoms. The highest BCUT2D eigenvalue weighted by atomic mass is 32.2. The first-order chi connectivity index (χ1) is 10.9. The Morgan fingerprint density at radius 2 is 1.83 bits per heavy atom. The minimum Gasteiger partial charge on any atom is -0.315 e. The first-order valence-electron chi connectivity index (χ1n) is 7.37. The molecule has 3 rings (SSSR count). The predicted molar refractivity (Wildman–Crippen MR) is 90.1 cm³/mol. The van der Waals surface area contributed by atoms with Gasteiger partial charge in [0.25, 0.3) is 10.0 Å². The van der Waals surface area contributed by atoms with Gasteiger partial charge in [-0.3, -0.25) is 9.52 Å². The van der Waals surface area contributed by atoms with Gasteiger partial charge in [0.1, 0.15) is 0 Å². The van der Waals surface area contributed by atoms with E-state index in [4.69, 9.17) is 0 Å². The molecule has 0 spiro atoms. The van der Waals surface area contributed by atoms with Crippen molar-refractivity contribution in [3.8, 4) is 0 Å². The Kier molecular flexibility index (Phi) is 3.85. The molecule has 1 aliphatic rings. The van der Waals surface area contributed by atoms with E-state index in [0.29, 0.717) is 12.1 Å². The van der Waals surface area contributed by atoms with Crippen LogP contribution in [-0.2, 0) is 14.8 Å². The highest BCUT2D eigenvalue weighted by Gasteiger charge is 2.27. The Balaban J connectivity index is 1.94. The highest BCUT2D eigenvalue weighted by Crippen LogP contribution is 2.36. The maximum Gasteiger partial charge on any atom is 0.261 e. The summed E-state index contributed by atoms with van der Waals surface area (Å²) in [5.74, 6) is 0.137. The summed E-state index contributed by atoms with van der Waals surface area (Å²) in [7, 11) is -1.88. The summed E-state index contributed by atoms with van der Waals surface area (Å²) in [6.45, 7) is 1.97. The maximum absolute atomic E-state index is 12.4. The molecule has 0 aromatic heterocycles. The largest absolute Gasteiger partial charge is 0.315 e. The summed E-state index contributed by atoms with van der Waals surface area (Å²) < 4.78 is 27.4. The summed E-state index contributed by atoms with van der Waals surface area (Å²) >= 11 is 0. The molecule has 1 unspecified atom stereocenters. The lowest BCUT2D eigenvalue weighted by Crippen LogP contribution is -2.32. The van der Waals surface area contributed by atoms with E-state index in [1.165, 1.54) is 0 Å². The van der Waals surface area contributed by atoms with Crippen LogP contribution in [0.2, 0.25) is 0 Å². The second-order valence-corrected chi connectivity index (χ2v) is 7.43. The number of rotatable bonds is 3. The van der Waals surface area contributed by atoms with E-state index in [0.717, 1.165) is 11.3 Å². The molecular formula is C17H18N2O3S. The first-order valence-corrected chi connectivity index (χ1v) is 8.85. The minimum atomic E-state index is -3.61. The maximum atomic E-state index is 12.4. The van der Waals surface area contributed by atoms with E-state index in [9.17, 15) is 13.2 Å². The number of amides is 1. The van der Waals surface area contributed by atoms with Crippen LogP contribution in [0.3, 0.4) is 0 Å². The van der Waals surface area contributed by atoms with Crippen LogP contribution in [-0.4, -0.2) is 21.4 Å². The van der Waals surface area contributed by atoms with Crippen LogP contribution < -0.4 is 9.62 Å². The number of nitrogens with zero attached hydrogens (tertiary/aromatic N) is 1. The van der Waals surface area contributed by atoms with Gasteiger partial charge in [-0.1, -0.05) is 25.1 Å². The van der Waals surface area contributed by atoms with E-state index in [-0.39, 0.29) is 16.7 Å². The molecule has 2 aromatic rings. The fraction of sp³-hybridized carbons (Fsp3) is 0.235. The fourth-order valence-electron chi connectivity index (χ4n) is 2.78. The molecule has 1 amide bonds. The average molecular weight is 330 g/mol. The zero-order chi connectivity index (χ0) is 16.6. The van der Waals surface area contributed by atoms with Gasteiger partial charge in [0.2, 0.25) is 5.91 Å². The molecular weight excluding hydrogens is 312 g/mol. The molecule has 6 heteroatoms. The number of carbonyl (C=O) groups excluding carboxylic acids is 1. The van der Waals surface area contributed by atoms with E-state index >= 15 is 0 Å². The number of fused-ring (bicyclic) bond motifs is 1. The van der Waals surface area contributed by atoms with E-state index in [1.54, 1.807) is 54.4 Å². The normalized spacial score (nSPS) is 17.7. The summed E-state index contributed by atoms with van der Waals surface area (Å²) in [5.41, 5.74) is 2.30. The summed E-state index contributed by atoms with van der Waals surface area (Å²) in [6, 6.07) is 13.5. The lowest BCUT2D eigenvalue weighted by atomic mass is 9.91. The van der Waals surface area contributed by atoms with Crippen molar-refractivity contribution >= 4 is 27.3 Å². The third kappa shape index (κ3) is 2.94. The fourth-order valence-corrected chi connectivity index (χ4v) is 3.85.